The molecule has 112 valence electrons. The molecular formula is C17H12BrFO3. The number of halogens is 2. The zero-order valence-corrected chi connectivity index (χ0v) is 13.0. The van der Waals surface area contributed by atoms with Gasteiger partial charge in [0.25, 0.3) is 0 Å². The summed E-state index contributed by atoms with van der Waals surface area (Å²) in [4.78, 5) is 23.3. The predicted molar refractivity (Wildman–Crippen MR) is 84.9 cm³/mol. The van der Waals surface area contributed by atoms with Crippen molar-refractivity contribution in [2.45, 2.75) is 0 Å². The highest BCUT2D eigenvalue weighted by molar-refractivity contribution is 9.10. The number of Topliss-reactive ketones (excluding diaryl/α,β-unsaturated/α-hetero) is 1. The summed E-state index contributed by atoms with van der Waals surface area (Å²) in [5.74, 6) is -1.88. The highest BCUT2D eigenvalue weighted by Crippen LogP contribution is 2.17. The van der Waals surface area contributed by atoms with Crippen molar-refractivity contribution in [2.75, 3.05) is 6.61 Å². The zero-order chi connectivity index (χ0) is 15.9. The van der Waals surface area contributed by atoms with Gasteiger partial charge in [-0.15, -0.1) is 0 Å². The minimum atomic E-state index is -0.666. The lowest BCUT2D eigenvalue weighted by molar-refractivity contribution is -0.136. The summed E-state index contributed by atoms with van der Waals surface area (Å²) < 4.78 is 19.1. The van der Waals surface area contributed by atoms with Crippen molar-refractivity contribution in [2.24, 2.45) is 0 Å². The molecule has 0 saturated heterocycles. The Bertz CT molecular complexity index is 725. The Kier molecular flexibility index (Phi) is 5.61. The van der Waals surface area contributed by atoms with Gasteiger partial charge < -0.3 is 4.74 Å². The third kappa shape index (κ3) is 4.36. The van der Waals surface area contributed by atoms with Gasteiger partial charge >= 0.3 is 5.97 Å². The van der Waals surface area contributed by atoms with Gasteiger partial charge in [0.2, 0.25) is 5.78 Å². The first kappa shape index (κ1) is 16.1. The molecule has 22 heavy (non-hydrogen) atoms. The summed E-state index contributed by atoms with van der Waals surface area (Å²) in [5.41, 5.74) is 0.713. The van der Waals surface area contributed by atoms with Gasteiger partial charge in [-0.25, -0.2) is 9.18 Å². The van der Waals surface area contributed by atoms with Gasteiger partial charge in [0.1, 0.15) is 5.82 Å². The van der Waals surface area contributed by atoms with Crippen LogP contribution < -0.4 is 0 Å². The van der Waals surface area contributed by atoms with Crippen molar-refractivity contribution in [3.8, 4) is 0 Å². The van der Waals surface area contributed by atoms with Crippen LogP contribution in [-0.2, 0) is 9.53 Å². The molecule has 0 amide bonds. The van der Waals surface area contributed by atoms with E-state index in [4.69, 9.17) is 4.74 Å². The van der Waals surface area contributed by atoms with Gasteiger partial charge in [-0.2, -0.15) is 0 Å². The number of ketones is 1. The van der Waals surface area contributed by atoms with E-state index in [1.807, 2.05) is 24.3 Å². The summed E-state index contributed by atoms with van der Waals surface area (Å²) in [6, 6.07) is 12.9. The number of esters is 1. The van der Waals surface area contributed by atoms with Crippen LogP contribution in [0.2, 0.25) is 0 Å². The number of benzene rings is 2. The number of carbonyl (C=O) groups is 2. The maximum absolute atomic E-state index is 13.4. The van der Waals surface area contributed by atoms with Gasteiger partial charge in [-0.05, 0) is 29.8 Å². The highest BCUT2D eigenvalue weighted by Gasteiger charge is 2.12. The van der Waals surface area contributed by atoms with Crippen LogP contribution in [0.1, 0.15) is 15.9 Å². The molecule has 0 saturated carbocycles. The monoisotopic (exact) mass is 362 g/mol. The Hall–Kier alpha value is -2.27. The molecule has 0 aliphatic rings. The molecule has 0 N–H and O–H groups in total. The third-order valence-electron chi connectivity index (χ3n) is 2.82. The second-order valence-corrected chi connectivity index (χ2v) is 5.22. The quantitative estimate of drug-likeness (QED) is 0.458. The molecule has 0 aromatic heterocycles. The van der Waals surface area contributed by atoms with E-state index >= 15 is 0 Å². The average molecular weight is 363 g/mol. The van der Waals surface area contributed by atoms with E-state index in [1.165, 1.54) is 24.3 Å². The van der Waals surface area contributed by atoms with Crippen molar-refractivity contribution >= 4 is 33.8 Å². The number of rotatable bonds is 5. The molecule has 0 heterocycles. The van der Waals surface area contributed by atoms with Gasteiger partial charge in [0.05, 0.1) is 5.56 Å². The van der Waals surface area contributed by atoms with Gasteiger partial charge in [-0.1, -0.05) is 46.3 Å². The fourth-order valence-electron chi connectivity index (χ4n) is 1.72. The minimum absolute atomic E-state index is 0.0925. The maximum Gasteiger partial charge on any atom is 0.331 e. The number of carbonyl (C=O) groups excluding carboxylic acids is 2. The molecule has 0 unspecified atom stereocenters. The second kappa shape index (κ2) is 7.66. The normalized spacial score (nSPS) is 10.6. The Balaban J connectivity index is 1.92. The summed E-state index contributed by atoms with van der Waals surface area (Å²) >= 11 is 3.35. The van der Waals surface area contributed by atoms with Crippen LogP contribution in [0.15, 0.2) is 59.1 Å². The van der Waals surface area contributed by atoms with Gasteiger partial charge in [-0.3, -0.25) is 4.79 Å². The Morgan fingerprint density at radius 3 is 2.50 bits per heavy atom. The lowest BCUT2D eigenvalue weighted by Crippen LogP contribution is -2.13. The van der Waals surface area contributed by atoms with E-state index in [2.05, 4.69) is 15.9 Å². The van der Waals surface area contributed by atoms with Crippen molar-refractivity contribution < 1.29 is 18.7 Å². The van der Waals surface area contributed by atoms with Crippen molar-refractivity contribution in [1.29, 1.82) is 0 Å². The van der Waals surface area contributed by atoms with E-state index < -0.39 is 24.2 Å². The molecule has 0 atom stereocenters. The SMILES string of the molecule is O=C(/C=C/c1ccccc1Br)OCC(=O)c1ccccc1F. The van der Waals surface area contributed by atoms with Crippen LogP contribution in [0.4, 0.5) is 4.39 Å². The summed E-state index contributed by atoms with van der Waals surface area (Å²) in [6.07, 6.45) is 2.79. The molecule has 2 rings (SSSR count). The lowest BCUT2D eigenvalue weighted by Gasteiger charge is -2.03. The first-order chi connectivity index (χ1) is 10.6. The summed E-state index contributed by atoms with van der Waals surface area (Å²) in [7, 11) is 0. The second-order valence-electron chi connectivity index (χ2n) is 4.37. The molecule has 0 aliphatic heterocycles. The number of hydrogen-bond acceptors (Lipinski definition) is 3. The molecule has 0 bridgehead atoms. The smallest absolute Gasteiger partial charge is 0.331 e. The highest BCUT2D eigenvalue weighted by atomic mass is 79.9. The Labute approximate surface area is 135 Å². The Morgan fingerprint density at radius 1 is 1.09 bits per heavy atom. The standard InChI is InChI=1S/C17H12BrFO3/c18-14-7-3-1-5-12(14)9-10-17(21)22-11-16(20)13-6-2-4-8-15(13)19/h1-10H,11H2/b10-9+. The first-order valence-electron chi connectivity index (χ1n) is 6.45. The fraction of sp³-hybridized carbons (Fsp3) is 0.0588. The van der Waals surface area contributed by atoms with Crippen molar-refractivity contribution in [3.63, 3.8) is 0 Å². The first-order valence-corrected chi connectivity index (χ1v) is 7.24. The van der Waals surface area contributed by atoms with E-state index in [9.17, 15) is 14.0 Å². The molecule has 0 fully saturated rings. The molecule has 0 radical (unpaired) electrons. The predicted octanol–water partition coefficient (Wildman–Crippen LogP) is 4.03. The molecule has 2 aromatic rings. The zero-order valence-electron chi connectivity index (χ0n) is 11.5. The number of ether oxygens (including phenoxy) is 1. The average Bonchev–Trinajstić information content (AvgIpc) is 2.52. The molecule has 5 heteroatoms. The molecule has 0 spiro atoms. The minimum Gasteiger partial charge on any atom is -0.454 e. The van der Waals surface area contributed by atoms with E-state index in [0.717, 1.165) is 10.0 Å². The van der Waals surface area contributed by atoms with Crippen LogP contribution in [0, 0.1) is 5.82 Å². The van der Waals surface area contributed by atoms with E-state index in [0.29, 0.717) is 0 Å². The fourth-order valence-corrected chi connectivity index (χ4v) is 2.13. The maximum atomic E-state index is 13.4. The van der Waals surface area contributed by atoms with Crippen LogP contribution in [0.25, 0.3) is 6.08 Å². The molecule has 0 aliphatic carbocycles. The van der Waals surface area contributed by atoms with Crippen LogP contribution in [-0.4, -0.2) is 18.4 Å². The molecule has 2 aromatic carbocycles. The summed E-state index contributed by atoms with van der Waals surface area (Å²) in [6.45, 7) is -0.500. The lowest BCUT2D eigenvalue weighted by atomic mass is 10.1. The van der Waals surface area contributed by atoms with Gasteiger partial charge in [0, 0.05) is 10.5 Å². The van der Waals surface area contributed by atoms with Gasteiger partial charge in [0.15, 0.2) is 6.61 Å². The van der Waals surface area contributed by atoms with Crippen LogP contribution >= 0.6 is 15.9 Å². The van der Waals surface area contributed by atoms with E-state index in [1.54, 1.807) is 12.1 Å². The van der Waals surface area contributed by atoms with Crippen molar-refractivity contribution in [3.05, 3.63) is 76.0 Å². The largest absolute Gasteiger partial charge is 0.454 e. The number of hydrogen-bond donors (Lipinski definition) is 0. The molecule has 3 nitrogen and oxygen atoms in total. The summed E-state index contributed by atoms with van der Waals surface area (Å²) in [5, 5.41) is 0. The van der Waals surface area contributed by atoms with Crippen LogP contribution in [0.5, 0.6) is 0 Å². The molecular weight excluding hydrogens is 351 g/mol. The Morgan fingerprint density at radius 2 is 1.77 bits per heavy atom. The third-order valence-corrected chi connectivity index (χ3v) is 3.55. The van der Waals surface area contributed by atoms with Crippen LogP contribution in [0.3, 0.4) is 0 Å². The van der Waals surface area contributed by atoms with Crippen molar-refractivity contribution in [1.82, 2.24) is 0 Å². The topological polar surface area (TPSA) is 43.4 Å². The van der Waals surface area contributed by atoms with E-state index in [-0.39, 0.29) is 5.56 Å².